The topological polar surface area (TPSA) is 30.5 Å². The standard InChI is InChI=1S/C22H19BrCl2FNO2/c1-2-28-21-10-14(12-27-18-7-4-16(23)5-8-18)9-20(25)22(21)29-13-15-3-6-17(26)11-19(15)24/h3-11,27H,2,12-13H2,1H3. The Bertz CT molecular complexity index is 983. The summed E-state index contributed by atoms with van der Waals surface area (Å²) in [7, 11) is 0. The molecule has 1 N–H and O–H groups in total. The highest BCUT2D eigenvalue weighted by atomic mass is 79.9. The van der Waals surface area contributed by atoms with Gasteiger partial charge in [0.2, 0.25) is 0 Å². The van der Waals surface area contributed by atoms with Gasteiger partial charge in [-0.1, -0.05) is 45.2 Å². The fourth-order valence-corrected chi connectivity index (χ4v) is 3.46. The molecule has 0 heterocycles. The highest BCUT2D eigenvalue weighted by Crippen LogP contribution is 2.38. The first-order valence-electron chi connectivity index (χ1n) is 8.97. The van der Waals surface area contributed by atoms with Crippen molar-refractivity contribution in [1.82, 2.24) is 0 Å². The number of halogens is 4. The zero-order valence-electron chi connectivity index (χ0n) is 15.6. The SMILES string of the molecule is CCOc1cc(CNc2ccc(Br)cc2)cc(Cl)c1OCc1ccc(F)cc1Cl. The minimum Gasteiger partial charge on any atom is -0.490 e. The van der Waals surface area contributed by atoms with Crippen LogP contribution in [-0.2, 0) is 13.2 Å². The highest BCUT2D eigenvalue weighted by Gasteiger charge is 2.14. The summed E-state index contributed by atoms with van der Waals surface area (Å²) in [6.07, 6.45) is 0. The predicted octanol–water partition coefficient (Wildman–Crippen LogP) is 7.48. The maximum absolute atomic E-state index is 13.2. The van der Waals surface area contributed by atoms with Gasteiger partial charge < -0.3 is 14.8 Å². The smallest absolute Gasteiger partial charge is 0.180 e. The number of ether oxygens (including phenoxy) is 2. The van der Waals surface area contributed by atoms with Crippen LogP contribution in [0.15, 0.2) is 59.1 Å². The molecule has 3 aromatic carbocycles. The number of anilines is 1. The van der Waals surface area contributed by atoms with Crippen LogP contribution < -0.4 is 14.8 Å². The second kappa shape index (κ2) is 10.2. The molecule has 0 fully saturated rings. The molecule has 29 heavy (non-hydrogen) atoms. The highest BCUT2D eigenvalue weighted by molar-refractivity contribution is 9.10. The molecule has 0 aromatic heterocycles. The van der Waals surface area contributed by atoms with Gasteiger partial charge >= 0.3 is 0 Å². The van der Waals surface area contributed by atoms with Gasteiger partial charge in [-0.15, -0.1) is 0 Å². The minimum atomic E-state index is -0.394. The molecule has 0 saturated carbocycles. The average Bonchev–Trinajstić information content (AvgIpc) is 2.68. The van der Waals surface area contributed by atoms with Gasteiger partial charge in [0.1, 0.15) is 12.4 Å². The Kier molecular flexibility index (Phi) is 7.64. The third-order valence-corrected chi connectivity index (χ3v) is 5.26. The fraction of sp³-hybridized carbons (Fsp3) is 0.182. The molecule has 7 heteroatoms. The van der Waals surface area contributed by atoms with Gasteiger partial charge in [-0.2, -0.15) is 0 Å². The van der Waals surface area contributed by atoms with E-state index in [0.29, 0.717) is 40.3 Å². The van der Waals surface area contributed by atoms with E-state index < -0.39 is 5.82 Å². The van der Waals surface area contributed by atoms with Crippen LogP contribution in [0.3, 0.4) is 0 Å². The van der Waals surface area contributed by atoms with Gasteiger partial charge in [0, 0.05) is 22.3 Å². The van der Waals surface area contributed by atoms with Crippen LogP contribution in [0, 0.1) is 5.82 Å². The molecule has 0 unspecified atom stereocenters. The lowest BCUT2D eigenvalue weighted by atomic mass is 10.2. The molecular weight excluding hydrogens is 480 g/mol. The number of nitrogens with one attached hydrogen (secondary N) is 1. The molecule has 0 bridgehead atoms. The zero-order valence-corrected chi connectivity index (χ0v) is 18.7. The lowest BCUT2D eigenvalue weighted by Crippen LogP contribution is -2.04. The Morgan fingerprint density at radius 1 is 0.966 bits per heavy atom. The van der Waals surface area contributed by atoms with Crippen LogP contribution in [-0.4, -0.2) is 6.61 Å². The number of benzene rings is 3. The second-order valence-electron chi connectivity index (χ2n) is 6.22. The first-order chi connectivity index (χ1) is 14.0. The maximum atomic E-state index is 13.2. The largest absolute Gasteiger partial charge is 0.490 e. The first kappa shape index (κ1) is 21.8. The van der Waals surface area contributed by atoms with E-state index in [1.807, 2.05) is 43.3 Å². The number of rotatable bonds is 8. The van der Waals surface area contributed by atoms with E-state index in [-0.39, 0.29) is 6.61 Å². The summed E-state index contributed by atoms with van der Waals surface area (Å²) in [4.78, 5) is 0. The summed E-state index contributed by atoms with van der Waals surface area (Å²) in [6, 6.07) is 15.8. The monoisotopic (exact) mass is 497 g/mol. The Labute approximate surface area is 187 Å². The molecule has 0 aliphatic rings. The normalized spacial score (nSPS) is 10.7. The van der Waals surface area contributed by atoms with Crippen LogP contribution in [0.5, 0.6) is 11.5 Å². The van der Waals surface area contributed by atoms with Crippen LogP contribution >= 0.6 is 39.1 Å². The van der Waals surface area contributed by atoms with Crippen molar-refractivity contribution >= 4 is 44.8 Å². The molecule has 3 rings (SSSR count). The molecule has 0 spiro atoms. The molecule has 0 atom stereocenters. The van der Waals surface area contributed by atoms with E-state index in [1.165, 1.54) is 12.1 Å². The molecule has 0 aliphatic carbocycles. The summed E-state index contributed by atoms with van der Waals surface area (Å²) in [5, 5.41) is 4.08. The Hall–Kier alpha value is -1.95. The predicted molar refractivity (Wildman–Crippen MR) is 120 cm³/mol. The van der Waals surface area contributed by atoms with Crippen molar-refractivity contribution in [3.8, 4) is 11.5 Å². The van der Waals surface area contributed by atoms with E-state index in [0.717, 1.165) is 15.7 Å². The van der Waals surface area contributed by atoms with Gasteiger partial charge in [0.05, 0.1) is 16.7 Å². The van der Waals surface area contributed by atoms with Crippen molar-refractivity contribution in [3.05, 3.63) is 86.1 Å². The Balaban J connectivity index is 1.75. The summed E-state index contributed by atoms with van der Waals surface area (Å²) in [5.41, 5.74) is 2.61. The van der Waals surface area contributed by atoms with E-state index in [4.69, 9.17) is 32.7 Å². The number of hydrogen-bond donors (Lipinski definition) is 1. The van der Waals surface area contributed by atoms with E-state index in [2.05, 4.69) is 21.2 Å². The number of hydrogen-bond acceptors (Lipinski definition) is 3. The van der Waals surface area contributed by atoms with E-state index >= 15 is 0 Å². The van der Waals surface area contributed by atoms with E-state index in [1.54, 1.807) is 6.07 Å². The van der Waals surface area contributed by atoms with Crippen molar-refractivity contribution in [3.63, 3.8) is 0 Å². The van der Waals surface area contributed by atoms with Gasteiger partial charge in [0.25, 0.3) is 0 Å². The van der Waals surface area contributed by atoms with Crippen LogP contribution in [0.1, 0.15) is 18.1 Å². The Morgan fingerprint density at radius 3 is 2.41 bits per heavy atom. The maximum Gasteiger partial charge on any atom is 0.180 e. The Morgan fingerprint density at radius 2 is 1.72 bits per heavy atom. The summed E-state index contributed by atoms with van der Waals surface area (Å²) < 4.78 is 25.8. The molecule has 0 radical (unpaired) electrons. The minimum absolute atomic E-state index is 0.148. The molecule has 3 nitrogen and oxygen atoms in total. The first-order valence-corrected chi connectivity index (χ1v) is 10.5. The van der Waals surface area contributed by atoms with Crippen molar-refractivity contribution in [2.24, 2.45) is 0 Å². The molecule has 3 aromatic rings. The van der Waals surface area contributed by atoms with Crippen molar-refractivity contribution in [2.75, 3.05) is 11.9 Å². The summed E-state index contributed by atoms with van der Waals surface area (Å²) >= 11 is 16.0. The molecule has 0 aliphatic heterocycles. The lowest BCUT2D eigenvalue weighted by molar-refractivity contribution is 0.269. The average molecular weight is 499 g/mol. The fourth-order valence-electron chi connectivity index (χ4n) is 2.69. The molecular formula is C22H19BrCl2FNO2. The molecule has 0 amide bonds. The summed E-state index contributed by atoms with van der Waals surface area (Å²) in [6.45, 7) is 3.08. The lowest BCUT2D eigenvalue weighted by Gasteiger charge is -2.16. The zero-order chi connectivity index (χ0) is 20.8. The van der Waals surface area contributed by atoms with Gasteiger partial charge in [-0.25, -0.2) is 4.39 Å². The van der Waals surface area contributed by atoms with Crippen molar-refractivity contribution in [1.29, 1.82) is 0 Å². The molecule has 152 valence electrons. The van der Waals surface area contributed by atoms with Crippen LogP contribution in [0.25, 0.3) is 0 Å². The van der Waals surface area contributed by atoms with Crippen molar-refractivity contribution < 1.29 is 13.9 Å². The van der Waals surface area contributed by atoms with Gasteiger partial charge in [0.15, 0.2) is 11.5 Å². The van der Waals surface area contributed by atoms with Gasteiger partial charge in [-0.3, -0.25) is 0 Å². The summed E-state index contributed by atoms with van der Waals surface area (Å²) in [5.74, 6) is 0.585. The quantitative estimate of drug-likeness (QED) is 0.349. The van der Waals surface area contributed by atoms with E-state index in [9.17, 15) is 4.39 Å². The van der Waals surface area contributed by atoms with Gasteiger partial charge in [-0.05, 0) is 61.0 Å². The third-order valence-electron chi connectivity index (χ3n) is 4.10. The third kappa shape index (κ3) is 6.01. The molecule has 0 saturated heterocycles. The van der Waals surface area contributed by atoms with Crippen LogP contribution in [0.2, 0.25) is 10.0 Å². The van der Waals surface area contributed by atoms with Crippen molar-refractivity contribution in [2.45, 2.75) is 20.1 Å². The van der Waals surface area contributed by atoms with Crippen LogP contribution in [0.4, 0.5) is 10.1 Å². The second-order valence-corrected chi connectivity index (χ2v) is 7.95.